The van der Waals surface area contributed by atoms with Crippen LogP contribution in [0.25, 0.3) is 21.6 Å². The lowest BCUT2D eigenvalue weighted by Crippen LogP contribution is -2.20. The highest BCUT2D eigenvalue weighted by Crippen LogP contribution is 2.34. The molecule has 0 spiro atoms. The number of carbonyl (C=O) groups is 1. The predicted molar refractivity (Wildman–Crippen MR) is 118 cm³/mol. The van der Waals surface area contributed by atoms with E-state index in [0.29, 0.717) is 21.7 Å². The maximum Gasteiger partial charge on any atom is 0.259 e. The fraction of sp³-hybridized carbons (Fsp3) is 0.261. The Balaban J connectivity index is 1.55. The zero-order chi connectivity index (χ0) is 21.5. The number of ketones is 1. The van der Waals surface area contributed by atoms with Gasteiger partial charge in [-0.2, -0.15) is 5.26 Å². The zero-order valence-electron chi connectivity index (χ0n) is 16.9. The molecule has 0 radical (unpaired) electrons. The molecule has 1 aromatic carbocycles. The number of nitriles is 1. The van der Waals surface area contributed by atoms with Crippen LogP contribution in [0.15, 0.2) is 35.1 Å². The SMILES string of the molecule is Cc1[nH]c(-c2ccccc2)nc1C(=O)C(C#N)c1nc2sc3c(c2c(=O)[nH]1)CCCC3. The second-order valence-corrected chi connectivity index (χ2v) is 8.78. The van der Waals surface area contributed by atoms with Crippen LogP contribution < -0.4 is 5.56 Å². The van der Waals surface area contributed by atoms with Gasteiger partial charge in [-0.15, -0.1) is 11.3 Å². The van der Waals surface area contributed by atoms with E-state index in [2.05, 4.69) is 19.9 Å². The van der Waals surface area contributed by atoms with Crippen LogP contribution in [0.5, 0.6) is 0 Å². The molecule has 7 nitrogen and oxygen atoms in total. The Morgan fingerprint density at radius 2 is 1.94 bits per heavy atom. The first kappa shape index (κ1) is 19.4. The highest BCUT2D eigenvalue weighted by molar-refractivity contribution is 7.18. The third-order valence-electron chi connectivity index (χ3n) is 5.67. The second kappa shape index (κ2) is 7.60. The van der Waals surface area contributed by atoms with Gasteiger partial charge in [0, 0.05) is 16.1 Å². The van der Waals surface area contributed by atoms with Crippen molar-refractivity contribution in [2.75, 3.05) is 0 Å². The van der Waals surface area contributed by atoms with Crippen molar-refractivity contribution in [3.63, 3.8) is 0 Å². The molecule has 5 rings (SSSR count). The summed E-state index contributed by atoms with van der Waals surface area (Å²) in [4.78, 5) is 42.6. The molecule has 0 saturated carbocycles. The van der Waals surface area contributed by atoms with Gasteiger partial charge in [0.2, 0.25) is 5.78 Å². The van der Waals surface area contributed by atoms with Crippen molar-refractivity contribution in [2.24, 2.45) is 0 Å². The Morgan fingerprint density at radius 1 is 1.16 bits per heavy atom. The molecule has 3 aromatic heterocycles. The van der Waals surface area contributed by atoms with Gasteiger partial charge in [-0.3, -0.25) is 9.59 Å². The quantitative estimate of drug-likeness (QED) is 0.475. The van der Waals surface area contributed by atoms with Crippen LogP contribution in [-0.2, 0) is 12.8 Å². The number of fused-ring (bicyclic) bond motifs is 3. The largest absolute Gasteiger partial charge is 0.341 e. The number of carbonyl (C=O) groups excluding carboxylic acids is 1. The maximum atomic E-state index is 13.2. The van der Waals surface area contributed by atoms with Gasteiger partial charge in [0.25, 0.3) is 5.56 Å². The van der Waals surface area contributed by atoms with Crippen LogP contribution in [-0.4, -0.2) is 25.7 Å². The van der Waals surface area contributed by atoms with Crippen molar-refractivity contribution < 1.29 is 4.79 Å². The van der Waals surface area contributed by atoms with Crippen LogP contribution in [0.3, 0.4) is 0 Å². The molecule has 0 bridgehead atoms. The molecule has 31 heavy (non-hydrogen) atoms. The number of benzene rings is 1. The molecular weight excluding hydrogens is 410 g/mol. The van der Waals surface area contributed by atoms with Crippen molar-refractivity contribution in [1.82, 2.24) is 19.9 Å². The van der Waals surface area contributed by atoms with Crippen LogP contribution in [0, 0.1) is 18.3 Å². The van der Waals surface area contributed by atoms with Gasteiger partial charge in [0.15, 0.2) is 5.92 Å². The molecule has 1 aliphatic rings. The minimum Gasteiger partial charge on any atom is -0.341 e. The fourth-order valence-corrected chi connectivity index (χ4v) is 5.40. The van der Waals surface area contributed by atoms with Crippen LogP contribution >= 0.6 is 11.3 Å². The van der Waals surface area contributed by atoms with Gasteiger partial charge in [-0.1, -0.05) is 30.3 Å². The summed E-state index contributed by atoms with van der Waals surface area (Å²) in [5, 5.41) is 10.4. The first-order valence-electron chi connectivity index (χ1n) is 10.2. The second-order valence-electron chi connectivity index (χ2n) is 7.69. The minimum atomic E-state index is -1.23. The van der Waals surface area contributed by atoms with E-state index in [1.165, 1.54) is 16.2 Å². The number of imidazole rings is 1. The lowest BCUT2D eigenvalue weighted by Gasteiger charge is -2.10. The maximum absolute atomic E-state index is 13.2. The smallest absolute Gasteiger partial charge is 0.259 e. The number of aromatic amines is 2. The molecule has 8 heteroatoms. The molecule has 1 aliphatic carbocycles. The normalized spacial score (nSPS) is 14.2. The van der Waals surface area contributed by atoms with Crippen molar-refractivity contribution in [2.45, 2.75) is 38.5 Å². The summed E-state index contributed by atoms with van der Waals surface area (Å²) < 4.78 is 0. The molecule has 1 unspecified atom stereocenters. The monoisotopic (exact) mass is 429 g/mol. The Bertz CT molecular complexity index is 1410. The lowest BCUT2D eigenvalue weighted by molar-refractivity contribution is 0.0971. The molecule has 4 aromatic rings. The molecule has 0 saturated heterocycles. The van der Waals surface area contributed by atoms with Crippen LogP contribution in [0.2, 0.25) is 0 Å². The summed E-state index contributed by atoms with van der Waals surface area (Å²) in [5.74, 6) is -1.09. The summed E-state index contributed by atoms with van der Waals surface area (Å²) in [6, 6.07) is 11.5. The van der Waals surface area contributed by atoms with Crippen LogP contribution in [0.1, 0.15) is 51.2 Å². The predicted octanol–water partition coefficient (Wildman–Crippen LogP) is 4.05. The lowest BCUT2D eigenvalue weighted by atomic mass is 9.97. The number of Topliss-reactive ketones (excluding diaryl/α,β-unsaturated/α-hetero) is 1. The van der Waals surface area contributed by atoms with E-state index in [0.717, 1.165) is 36.8 Å². The van der Waals surface area contributed by atoms with E-state index in [1.807, 2.05) is 36.4 Å². The summed E-state index contributed by atoms with van der Waals surface area (Å²) in [6.07, 6.45) is 3.98. The van der Waals surface area contributed by atoms with E-state index < -0.39 is 11.7 Å². The first-order valence-corrected chi connectivity index (χ1v) is 11.0. The van der Waals surface area contributed by atoms with Crippen molar-refractivity contribution in [3.05, 3.63) is 68.3 Å². The van der Waals surface area contributed by atoms with E-state index in [-0.39, 0.29) is 17.1 Å². The number of aryl methyl sites for hydroxylation is 3. The van der Waals surface area contributed by atoms with Crippen molar-refractivity contribution in [1.29, 1.82) is 5.26 Å². The highest BCUT2D eigenvalue weighted by atomic mass is 32.1. The fourth-order valence-electron chi connectivity index (χ4n) is 4.13. The number of H-pyrrole nitrogens is 2. The topological polar surface area (TPSA) is 115 Å². The number of hydrogen-bond donors (Lipinski definition) is 2. The van der Waals surface area contributed by atoms with Gasteiger partial charge >= 0.3 is 0 Å². The molecule has 0 aliphatic heterocycles. The zero-order valence-corrected chi connectivity index (χ0v) is 17.7. The van der Waals surface area contributed by atoms with E-state index in [9.17, 15) is 14.9 Å². The number of nitrogens with one attached hydrogen (secondary N) is 2. The molecule has 154 valence electrons. The van der Waals surface area contributed by atoms with Gasteiger partial charge < -0.3 is 9.97 Å². The molecule has 3 heterocycles. The van der Waals surface area contributed by atoms with E-state index in [1.54, 1.807) is 6.92 Å². The average Bonchev–Trinajstić information content (AvgIpc) is 3.35. The van der Waals surface area contributed by atoms with Crippen molar-refractivity contribution >= 4 is 27.3 Å². The average molecular weight is 430 g/mol. The Morgan fingerprint density at radius 3 is 2.71 bits per heavy atom. The summed E-state index contributed by atoms with van der Waals surface area (Å²) in [6.45, 7) is 1.74. The standard InChI is InChI=1S/C23H19N5O2S/c1-12-18(26-20(25-12)13-7-3-2-4-8-13)19(29)15(11-24)21-27-22(30)17-14-9-5-6-10-16(14)31-23(17)28-21/h2-4,7-8,15H,5-6,9-10H2,1H3,(H,25,26)(H,27,28,30). The van der Waals surface area contributed by atoms with E-state index >= 15 is 0 Å². The Labute approximate surface area is 181 Å². The number of hydrogen-bond acceptors (Lipinski definition) is 6. The minimum absolute atomic E-state index is 0.0762. The first-order chi connectivity index (χ1) is 15.1. The molecule has 0 amide bonds. The summed E-state index contributed by atoms with van der Waals surface area (Å²) in [5.41, 5.74) is 2.38. The summed E-state index contributed by atoms with van der Waals surface area (Å²) in [7, 11) is 0. The third-order valence-corrected chi connectivity index (χ3v) is 6.86. The van der Waals surface area contributed by atoms with Crippen molar-refractivity contribution in [3.8, 4) is 17.5 Å². The molecule has 1 atom stereocenters. The molecule has 2 N–H and O–H groups in total. The van der Waals surface area contributed by atoms with Gasteiger partial charge in [-0.05, 0) is 38.2 Å². The number of rotatable bonds is 4. The number of thiophene rings is 1. The van der Waals surface area contributed by atoms with Gasteiger partial charge in [0.05, 0.1) is 11.5 Å². The van der Waals surface area contributed by atoms with Gasteiger partial charge in [0.1, 0.15) is 22.2 Å². The number of aromatic nitrogens is 4. The van der Waals surface area contributed by atoms with Crippen LogP contribution in [0.4, 0.5) is 0 Å². The molecule has 0 fully saturated rings. The Kier molecular flexibility index (Phi) is 4.75. The number of nitrogens with zero attached hydrogens (tertiary/aromatic N) is 3. The van der Waals surface area contributed by atoms with Gasteiger partial charge in [-0.25, -0.2) is 9.97 Å². The Hall–Kier alpha value is -3.57. The highest BCUT2D eigenvalue weighted by Gasteiger charge is 2.30. The van der Waals surface area contributed by atoms with E-state index in [4.69, 9.17) is 0 Å². The third kappa shape index (κ3) is 3.27. The summed E-state index contributed by atoms with van der Waals surface area (Å²) >= 11 is 1.49. The molecular formula is C23H19N5O2S.